The first-order chi connectivity index (χ1) is 9.06. The molecule has 1 fully saturated rings. The summed E-state index contributed by atoms with van der Waals surface area (Å²) in [4.78, 5) is 22.7. The van der Waals surface area contributed by atoms with Crippen molar-refractivity contribution in [2.45, 2.75) is 37.6 Å². The maximum absolute atomic E-state index is 12.9. The third-order valence-corrected chi connectivity index (χ3v) is 3.16. The molecule has 0 saturated heterocycles. The number of carboxylic acid groups (broad SMARTS) is 1. The molecule has 0 bridgehead atoms. The Bertz CT molecular complexity index is 468. The average molecular weight is 265 g/mol. The van der Waals surface area contributed by atoms with E-state index >= 15 is 0 Å². The van der Waals surface area contributed by atoms with Crippen LogP contribution in [0.3, 0.4) is 0 Å². The third kappa shape index (κ3) is 4.05. The van der Waals surface area contributed by atoms with E-state index in [2.05, 4.69) is 5.32 Å². The summed E-state index contributed by atoms with van der Waals surface area (Å²) in [5, 5.41) is 11.6. The normalized spacial score (nSPS) is 15.8. The molecule has 5 heteroatoms. The number of carbonyl (C=O) groups is 2. The molecule has 0 aliphatic heterocycles. The summed E-state index contributed by atoms with van der Waals surface area (Å²) < 4.78 is 12.9. The van der Waals surface area contributed by atoms with Crippen molar-refractivity contribution in [1.29, 1.82) is 0 Å². The zero-order valence-electron chi connectivity index (χ0n) is 10.4. The second-order valence-electron chi connectivity index (χ2n) is 4.82. The van der Waals surface area contributed by atoms with Crippen LogP contribution in [0.1, 0.15) is 37.2 Å². The van der Waals surface area contributed by atoms with Gasteiger partial charge in [-0.1, -0.05) is 12.1 Å². The van der Waals surface area contributed by atoms with Gasteiger partial charge in [-0.05, 0) is 37.0 Å². The quantitative estimate of drug-likeness (QED) is 0.827. The lowest BCUT2D eigenvalue weighted by molar-refractivity contribution is -0.137. The number of aliphatic carboxylic acids is 1. The Morgan fingerprint density at radius 1 is 1.32 bits per heavy atom. The van der Waals surface area contributed by atoms with E-state index in [1.165, 1.54) is 24.3 Å². The highest BCUT2D eigenvalue weighted by atomic mass is 19.1. The van der Waals surface area contributed by atoms with Gasteiger partial charge in [0.05, 0.1) is 5.92 Å². The van der Waals surface area contributed by atoms with Crippen LogP contribution in [-0.2, 0) is 9.59 Å². The van der Waals surface area contributed by atoms with Gasteiger partial charge in [0.2, 0.25) is 5.91 Å². The van der Waals surface area contributed by atoms with E-state index < -0.39 is 11.9 Å². The molecule has 1 atom stereocenters. The number of carbonyl (C=O) groups excluding carboxylic acids is 1. The van der Waals surface area contributed by atoms with Gasteiger partial charge in [0.1, 0.15) is 5.82 Å². The van der Waals surface area contributed by atoms with Gasteiger partial charge >= 0.3 is 5.97 Å². The van der Waals surface area contributed by atoms with Crippen LogP contribution < -0.4 is 5.32 Å². The summed E-state index contributed by atoms with van der Waals surface area (Å²) in [6.07, 6.45) is 2.08. The molecule has 19 heavy (non-hydrogen) atoms. The minimum absolute atomic E-state index is 0.0832. The SMILES string of the molecule is O=C(O)CCC(C(=O)NC1CC1)c1ccc(F)cc1. The smallest absolute Gasteiger partial charge is 0.303 e. The van der Waals surface area contributed by atoms with Crippen molar-refractivity contribution in [1.82, 2.24) is 5.32 Å². The van der Waals surface area contributed by atoms with Crippen molar-refractivity contribution in [2.75, 3.05) is 0 Å². The minimum atomic E-state index is -0.939. The Hall–Kier alpha value is -1.91. The number of carboxylic acids is 1. The van der Waals surface area contributed by atoms with Crippen LogP contribution in [0.2, 0.25) is 0 Å². The highest BCUT2D eigenvalue weighted by Crippen LogP contribution is 2.25. The fraction of sp³-hybridized carbons (Fsp3) is 0.429. The molecular weight excluding hydrogens is 249 g/mol. The van der Waals surface area contributed by atoms with Crippen LogP contribution in [0.25, 0.3) is 0 Å². The lowest BCUT2D eigenvalue weighted by Crippen LogP contribution is -2.31. The van der Waals surface area contributed by atoms with Crippen LogP contribution >= 0.6 is 0 Å². The number of hydrogen-bond acceptors (Lipinski definition) is 2. The van der Waals surface area contributed by atoms with Crippen LogP contribution in [-0.4, -0.2) is 23.0 Å². The van der Waals surface area contributed by atoms with Crippen LogP contribution in [0, 0.1) is 5.82 Å². The number of nitrogens with one attached hydrogen (secondary N) is 1. The maximum Gasteiger partial charge on any atom is 0.303 e. The molecule has 102 valence electrons. The Morgan fingerprint density at radius 3 is 2.47 bits per heavy atom. The summed E-state index contributed by atoms with van der Waals surface area (Å²) in [5.74, 6) is -2.01. The van der Waals surface area contributed by atoms with Crippen molar-refractivity contribution in [3.8, 4) is 0 Å². The van der Waals surface area contributed by atoms with Gasteiger partial charge in [-0.15, -0.1) is 0 Å². The summed E-state index contributed by atoms with van der Waals surface area (Å²) in [5.41, 5.74) is 0.654. The van der Waals surface area contributed by atoms with Crippen molar-refractivity contribution in [2.24, 2.45) is 0 Å². The first kappa shape index (κ1) is 13.5. The van der Waals surface area contributed by atoms with E-state index in [1.807, 2.05) is 0 Å². The summed E-state index contributed by atoms with van der Waals surface area (Å²) in [7, 11) is 0. The van der Waals surface area contributed by atoms with Gasteiger partial charge in [0, 0.05) is 12.5 Å². The minimum Gasteiger partial charge on any atom is -0.481 e. The lowest BCUT2D eigenvalue weighted by Gasteiger charge is -2.16. The standard InChI is InChI=1S/C14H16FNO3/c15-10-3-1-9(2-4-10)12(7-8-13(17)18)14(19)16-11-5-6-11/h1-4,11-12H,5-8H2,(H,16,19)(H,17,18). The zero-order valence-corrected chi connectivity index (χ0v) is 10.4. The number of benzene rings is 1. The van der Waals surface area contributed by atoms with E-state index in [-0.39, 0.29) is 30.6 Å². The zero-order chi connectivity index (χ0) is 13.8. The average Bonchev–Trinajstić information content (AvgIpc) is 3.15. The van der Waals surface area contributed by atoms with Crippen LogP contribution in [0.4, 0.5) is 4.39 Å². The first-order valence-corrected chi connectivity index (χ1v) is 6.34. The summed E-state index contributed by atoms with van der Waals surface area (Å²) >= 11 is 0. The Kier molecular flexibility index (Phi) is 4.14. The molecule has 2 rings (SSSR count). The number of rotatable bonds is 6. The van der Waals surface area contributed by atoms with Gasteiger partial charge in [-0.2, -0.15) is 0 Å². The molecule has 1 aromatic rings. The number of halogens is 1. The Labute approximate surface area is 110 Å². The molecule has 2 N–H and O–H groups in total. The molecule has 1 saturated carbocycles. The van der Waals surface area contributed by atoms with E-state index in [9.17, 15) is 14.0 Å². The van der Waals surface area contributed by atoms with Crippen molar-refractivity contribution < 1.29 is 19.1 Å². The maximum atomic E-state index is 12.9. The monoisotopic (exact) mass is 265 g/mol. The molecule has 0 aromatic heterocycles. The first-order valence-electron chi connectivity index (χ1n) is 6.34. The lowest BCUT2D eigenvalue weighted by atomic mass is 9.93. The van der Waals surface area contributed by atoms with Crippen molar-refractivity contribution >= 4 is 11.9 Å². The van der Waals surface area contributed by atoms with Gasteiger partial charge < -0.3 is 10.4 Å². The van der Waals surface area contributed by atoms with Crippen LogP contribution in [0.15, 0.2) is 24.3 Å². The second kappa shape index (κ2) is 5.82. The molecule has 0 spiro atoms. The van der Waals surface area contributed by atoms with E-state index in [1.54, 1.807) is 0 Å². The van der Waals surface area contributed by atoms with E-state index in [0.717, 1.165) is 12.8 Å². The summed E-state index contributed by atoms with van der Waals surface area (Å²) in [6.45, 7) is 0. The highest BCUT2D eigenvalue weighted by molar-refractivity contribution is 5.84. The second-order valence-corrected chi connectivity index (χ2v) is 4.82. The Morgan fingerprint density at radius 2 is 1.95 bits per heavy atom. The largest absolute Gasteiger partial charge is 0.481 e. The molecule has 0 radical (unpaired) electrons. The molecule has 0 heterocycles. The molecule has 1 aromatic carbocycles. The van der Waals surface area contributed by atoms with Gasteiger partial charge in [-0.3, -0.25) is 9.59 Å². The van der Waals surface area contributed by atoms with Gasteiger partial charge in [-0.25, -0.2) is 4.39 Å². The molecule has 1 aliphatic rings. The Balaban J connectivity index is 2.09. The fourth-order valence-corrected chi connectivity index (χ4v) is 1.94. The number of hydrogen-bond donors (Lipinski definition) is 2. The van der Waals surface area contributed by atoms with Gasteiger partial charge in [0.25, 0.3) is 0 Å². The number of amides is 1. The molecular formula is C14H16FNO3. The molecule has 4 nitrogen and oxygen atoms in total. The fourth-order valence-electron chi connectivity index (χ4n) is 1.94. The molecule has 1 amide bonds. The van der Waals surface area contributed by atoms with Crippen LogP contribution in [0.5, 0.6) is 0 Å². The summed E-state index contributed by atoms with van der Waals surface area (Å²) in [6, 6.07) is 5.87. The van der Waals surface area contributed by atoms with Crippen molar-refractivity contribution in [3.05, 3.63) is 35.6 Å². The third-order valence-electron chi connectivity index (χ3n) is 3.16. The van der Waals surface area contributed by atoms with Crippen molar-refractivity contribution in [3.63, 3.8) is 0 Å². The molecule has 1 unspecified atom stereocenters. The van der Waals surface area contributed by atoms with Gasteiger partial charge in [0.15, 0.2) is 0 Å². The topological polar surface area (TPSA) is 66.4 Å². The predicted octanol–water partition coefficient (Wildman–Crippen LogP) is 2.05. The van der Waals surface area contributed by atoms with E-state index in [4.69, 9.17) is 5.11 Å². The predicted molar refractivity (Wildman–Crippen MR) is 67.2 cm³/mol. The van der Waals surface area contributed by atoms with E-state index in [0.29, 0.717) is 5.56 Å². The molecule has 1 aliphatic carbocycles. The highest BCUT2D eigenvalue weighted by Gasteiger charge is 2.28.